The maximum Gasteiger partial charge on any atom is 0.407 e. The lowest BCUT2D eigenvalue weighted by molar-refractivity contribution is -0.0907. The third-order valence-electron chi connectivity index (χ3n) is 8.45. The zero-order valence-corrected chi connectivity index (χ0v) is 28.8. The molecule has 2 aliphatic heterocycles. The standard InChI is InChI=1S/C32H48N4O9S2/c1-32(2,15-7-8-16-34-46(3,39)40)22-36(47(41,42)25-13-9-12-24(33)19-25)20-28(37)27(18-23-10-5-4-6-11-23)35-31(38)45-29-21-44-30-26(29)14-17-43-30/h4-6,9-13,19,26-30,34,37H,7-8,14-18,20-22,33H2,1-3H3,(H,35,38)/t26-,27-,28+,29-,30+/m0/s1. The van der Waals surface area contributed by atoms with Crippen LogP contribution in [0.5, 0.6) is 0 Å². The lowest BCUT2D eigenvalue weighted by atomic mass is 9.87. The summed E-state index contributed by atoms with van der Waals surface area (Å²) in [6.45, 7) is 4.59. The number of carbonyl (C=O) groups excluding carboxylic acids is 1. The van der Waals surface area contributed by atoms with Gasteiger partial charge in [-0.1, -0.05) is 56.7 Å². The highest BCUT2D eigenvalue weighted by Crippen LogP contribution is 2.33. The first kappa shape index (κ1) is 37.0. The van der Waals surface area contributed by atoms with Crippen molar-refractivity contribution in [2.75, 3.05) is 44.8 Å². The maximum absolute atomic E-state index is 14.1. The molecule has 5 atom stereocenters. The number of benzene rings is 2. The molecule has 0 bridgehead atoms. The predicted octanol–water partition coefficient (Wildman–Crippen LogP) is 2.47. The molecule has 0 aliphatic carbocycles. The molecule has 0 saturated carbocycles. The summed E-state index contributed by atoms with van der Waals surface area (Å²) in [6, 6.07) is 14.3. The molecule has 5 N–H and O–H groups in total. The smallest absolute Gasteiger partial charge is 0.407 e. The van der Waals surface area contributed by atoms with Gasteiger partial charge in [0.15, 0.2) is 6.29 Å². The van der Waals surface area contributed by atoms with Gasteiger partial charge in [0.05, 0.1) is 42.4 Å². The van der Waals surface area contributed by atoms with E-state index in [-0.39, 0.29) is 49.2 Å². The molecule has 0 radical (unpaired) electrons. The number of amides is 1. The number of rotatable bonds is 17. The summed E-state index contributed by atoms with van der Waals surface area (Å²) in [5.41, 5.74) is 6.50. The van der Waals surface area contributed by atoms with Gasteiger partial charge in [-0.05, 0) is 54.9 Å². The molecular weight excluding hydrogens is 649 g/mol. The number of aliphatic hydroxyl groups excluding tert-OH is 1. The molecule has 4 rings (SSSR count). The van der Waals surface area contributed by atoms with Gasteiger partial charge in [-0.3, -0.25) is 0 Å². The van der Waals surface area contributed by atoms with Crippen LogP contribution in [-0.2, 0) is 40.7 Å². The van der Waals surface area contributed by atoms with E-state index >= 15 is 0 Å². The number of aliphatic hydroxyl groups is 1. The molecule has 0 aromatic heterocycles. The molecule has 2 aliphatic rings. The minimum atomic E-state index is -4.14. The fraction of sp³-hybridized carbons (Fsp3) is 0.594. The van der Waals surface area contributed by atoms with Gasteiger partial charge in [-0.2, -0.15) is 4.31 Å². The summed E-state index contributed by atoms with van der Waals surface area (Å²) in [6.07, 6.45) is 0.882. The van der Waals surface area contributed by atoms with Crippen molar-refractivity contribution in [1.82, 2.24) is 14.3 Å². The van der Waals surface area contributed by atoms with Crippen LogP contribution >= 0.6 is 0 Å². The maximum atomic E-state index is 14.1. The third-order valence-corrected chi connectivity index (χ3v) is 11.0. The molecule has 47 heavy (non-hydrogen) atoms. The van der Waals surface area contributed by atoms with Gasteiger partial charge in [0.25, 0.3) is 0 Å². The van der Waals surface area contributed by atoms with Crippen LogP contribution in [0.3, 0.4) is 0 Å². The Morgan fingerprint density at radius 1 is 1.11 bits per heavy atom. The number of hydrogen-bond donors (Lipinski definition) is 4. The lowest BCUT2D eigenvalue weighted by Gasteiger charge is -2.35. The Morgan fingerprint density at radius 3 is 2.55 bits per heavy atom. The molecule has 2 fully saturated rings. The number of nitrogens with two attached hydrogens (primary N) is 1. The second-order valence-electron chi connectivity index (χ2n) is 13.1. The van der Waals surface area contributed by atoms with E-state index < -0.39 is 56.1 Å². The molecule has 262 valence electrons. The van der Waals surface area contributed by atoms with Gasteiger partial charge in [0.2, 0.25) is 20.0 Å². The third kappa shape index (κ3) is 11.1. The highest BCUT2D eigenvalue weighted by Gasteiger charge is 2.44. The van der Waals surface area contributed by atoms with E-state index in [0.29, 0.717) is 32.3 Å². The molecule has 2 heterocycles. The Bertz CT molecular complexity index is 1540. The predicted molar refractivity (Wildman–Crippen MR) is 177 cm³/mol. The first-order valence-electron chi connectivity index (χ1n) is 15.9. The number of alkyl carbamates (subject to hydrolysis) is 1. The Kier molecular flexibility index (Phi) is 12.7. The van der Waals surface area contributed by atoms with Gasteiger partial charge >= 0.3 is 6.09 Å². The number of unbranched alkanes of at least 4 members (excludes halogenated alkanes) is 1. The van der Waals surface area contributed by atoms with E-state index in [2.05, 4.69) is 10.0 Å². The van der Waals surface area contributed by atoms with Gasteiger partial charge in [0, 0.05) is 25.3 Å². The monoisotopic (exact) mass is 696 g/mol. The summed E-state index contributed by atoms with van der Waals surface area (Å²) in [7, 11) is -7.45. The molecule has 15 heteroatoms. The van der Waals surface area contributed by atoms with Crippen LogP contribution in [-0.4, -0.2) is 96.0 Å². The summed E-state index contributed by atoms with van der Waals surface area (Å²) >= 11 is 0. The topological polar surface area (TPSA) is 187 Å². The van der Waals surface area contributed by atoms with Crippen LogP contribution in [0.4, 0.5) is 10.5 Å². The van der Waals surface area contributed by atoms with Crippen molar-refractivity contribution in [3.05, 3.63) is 60.2 Å². The second kappa shape index (κ2) is 16.1. The normalized spacial score (nSPS) is 21.3. The molecule has 0 unspecified atom stereocenters. The van der Waals surface area contributed by atoms with Gasteiger partial charge in [-0.25, -0.2) is 26.4 Å². The number of anilines is 1. The van der Waals surface area contributed by atoms with Crippen LogP contribution in [0.15, 0.2) is 59.5 Å². The number of hydrogen-bond acceptors (Lipinski definition) is 10. The van der Waals surface area contributed by atoms with Crippen molar-refractivity contribution >= 4 is 31.8 Å². The van der Waals surface area contributed by atoms with Gasteiger partial charge in [-0.15, -0.1) is 0 Å². The average Bonchev–Trinajstić information content (AvgIpc) is 3.61. The van der Waals surface area contributed by atoms with Crippen LogP contribution < -0.4 is 15.8 Å². The first-order chi connectivity index (χ1) is 22.1. The Hall–Kier alpha value is -2.79. The molecule has 2 aromatic carbocycles. The van der Waals surface area contributed by atoms with Crippen LogP contribution in [0.2, 0.25) is 0 Å². The van der Waals surface area contributed by atoms with E-state index in [0.717, 1.165) is 11.8 Å². The zero-order valence-electron chi connectivity index (χ0n) is 27.2. The highest BCUT2D eigenvalue weighted by atomic mass is 32.2. The Labute approximate surface area is 278 Å². The van der Waals surface area contributed by atoms with E-state index in [1.54, 1.807) is 12.1 Å². The first-order valence-corrected chi connectivity index (χ1v) is 19.2. The zero-order chi connectivity index (χ0) is 34.2. The number of ether oxygens (including phenoxy) is 3. The van der Waals surface area contributed by atoms with Crippen molar-refractivity contribution in [2.45, 2.75) is 75.4 Å². The Balaban J connectivity index is 1.52. The average molecular weight is 697 g/mol. The van der Waals surface area contributed by atoms with Crippen LogP contribution in [0.1, 0.15) is 45.1 Å². The second-order valence-corrected chi connectivity index (χ2v) is 16.9. The summed E-state index contributed by atoms with van der Waals surface area (Å²) in [5.74, 6) is -0.0680. The van der Waals surface area contributed by atoms with Crippen molar-refractivity contribution in [3.63, 3.8) is 0 Å². The van der Waals surface area contributed by atoms with Crippen molar-refractivity contribution in [1.29, 1.82) is 0 Å². The number of nitrogens with one attached hydrogen (secondary N) is 2. The summed E-state index contributed by atoms with van der Waals surface area (Å²) < 4.78 is 71.5. The molecule has 1 amide bonds. The van der Waals surface area contributed by atoms with E-state index in [4.69, 9.17) is 19.9 Å². The minimum Gasteiger partial charge on any atom is -0.443 e. The quantitative estimate of drug-likeness (QED) is 0.141. The number of sulfonamides is 2. The minimum absolute atomic E-state index is 0.0144. The van der Waals surface area contributed by atoms with Crippen molar-refractivity contribution in [3.8, 4) is 0 Å². The highest BCUT2D eigenvalue weighted by molar-refractivity contribution is 7.89. The molecule has 2 saturated heterocycles. The molecule has 2 aromatic rings. The fourth-order valence-electron chi connectivity index (χ4n) is 5.97. The van der Waals surface area contributed by atoms with Crippen molar-refractivity contribution < 1.29 is 40.9 Å². The van der Waals surface area contributed by atoms with Crippen LogP contribution in [0, 0.1) is 11.3 Å². The van der Waals surface area contributed by atoms with E-state index in [1.807, 2.05) is 44.2 Å². The molecular formula is C32H48N4O9S2. The number of nitrogens with zero attached hydrogens (tertiary/aromatic N) is 1. The Morgan fingerprint density at radius 2 is 1.85 bits per heavy atom. The fourth-order valence-corrected chi connectivity index (χ4v) is 8.19. The van der Waals surface area contributed by atoms with Gasteiger partial charge in [0.1, 0.15) is 6.10 Å². The van der Waals surface area contributed by atoms with Crippen LogP contribution in [0.25, 0.3) is 0 Å². The number of fused-ring (bicyclic) bond motifs is 1. The summed E-state index contributed by atoms with van der Waals surface area (Å²) in [4.78, 5) is 13.2. The largest absolute Gasteiger partial charge is 0.443 e. The molecule has 0 spiro atoms. The number of carbonyl (C=O) groups is 1. The SMILES string of the molecule is CC(C)(CCCCNS(C)(=O)=O)CN(C[C@@H](O)[C@H](Cc1ccccc1)NC(=O)O[C@H]1CO[C@H]2OCC[C@H]21)S(=O)(=O)c1cccc(N)c1. The van der Waals surface area contributed by atoms with Gasteiger partial charge < -0.3 is 30.4 Å². The number of nitrogen functional groups attached to an aromatic ring is 1. The molecule has 13 nitrogen and oxygen atoms in total. The van der Waals surface area contributed by atoms with E-state index in [9.17, 15) is 26.7 Å². The lowest BCUT2D eigenvalue weighted by Crippen LogP contribution is -2.52. The van der Waals surface area contributed by atoms with Crippen molar-refractivity contribution in [2.24, 2.45) is 11.3 Å². The van der Waals surface area contributed by atoms with E-state index in [1.165, 1.54) is 16.4 Å². The summed E-state index contributed by atoms with van der Waals surface area (Å²) in [5, 5.41) is 14.5.